The summed E-state index contributed by atoms with van der Waals surface area (Å²) < 4.78 is 17.7. The number of benzene rings is 2. The Balaban J connectivity index is 1.75. The number of carbonyl (C=O) groups excluding carboxylic acids is 1. The fraction of sp³-hybridized carbons (Fsp3) is 0.130. The normalized spacial score (nSPS) is 11.9. The molecule has 1 unspecified atom stereocenters. The van der Waals surface area contributed by atoms with E-state index in [4.69, 9.17) is 11.6 Å². The summed E-state index contributed by atoms with van der Waals surface area (Å²) in [6, 6.07) is 13.3. The van der Waals surface area contributed by atoms with Gasteiger partial charge in [-0.05, 0) is 37.3 Å². The predicted molar refractivity (Wildman–Crippen MR) is 118 cm³/mol. The highest BCUT2D eigenvalue weighted by molar-refractivity contribution is 6.30. The molecule has 7 nitrogen and oxygen atoms in total. The molecule has 9 heteroatoms. The molecule has 0 radical (unpaired) electrons. The Bertz CT molecular complexity index is 1350. The molecule has 4 rings (SSSR count). The summed E-state index contributed by atoms with van der Waals surface area (Å²) in [5, 5.41) is 7.54. The van der Waals surface area contributed by atoms with E-state index in [9.17, 15) is 14.0 Å². The maximum atomic E-state index is 14.6. The third kappa shape index (κ3) is 4.17. The van der Waals surface area contributed by atoms with Gasteiger partial charge in [-0.25, -0.2) is 14.1 Å². The molecule has 1 atom stereocenters. The molecule has 0 saturated carbocycles. The molecular weight excluding hydrogens is 433 g/mol. The van der Waals surface area contributed by atoms with E-state index in [1.54, 1.807) is 73.4 Å². The molecular formula is C23H19ClFN5O2. The minimum absolute atomic E-state index is 0.222. The van der Waals surface area contributed by atoms with Crippen molar-refractivity contribution in [1.82, 2.24) is 24.6 Å². The molecule has 2 aromatic heterocycles. The van der Waals surface area contributed by atoms with Crippen LogP contribution in [-0.4, -0.2) is 25.2 Å². The standard InChI is InChI=1S/C23H19ClFN5O2/c1-14-13-19(31)21(28-30(14)16-9-7-15(24)8-10-16)23(32)27-20(22-26-11-12-29(22)2)17-5-3-4-6-18(17)25/h3-13,20H,1-2H3,(H,27,32). The number of carbonyl (C=O) groups is 1. The van der Waals surface area contributed by atoms with Gasteiger partial charge in [0.15, 0.2) is 5.69 Å². The van der Waals surface area contributed by atoms with Crippen molar-refractivity contribution in [3.8, 4) is 5.69 Å². The zero-order valence-electron chi connectivity index (χ0n) is 17.3. The van der Waals surface area contributed by atoms with Crippen LogP contribution < -0.4 is 10.7 Å². The van der Waals surface area contributed by atoms with Gasteiger partial charge in [0, 0.05) is 41.8 Å². The van der Waals surface area contributed by atoms with Crippen molar-refractivity contribution >= 4 is 17.5 Å². The third-order valence-corrected chi connectivity index (χ3v) is 5.25. The molecule has 2 aromatic carbocycles. The number of amides is 1. The first-order valence-electron chi connectivity index (χ1n) is 9.74. The van der Waals surface area contributed by atoms with Crippen LogP contribution in [0.15, 0.2) is 71.8 Å². The molecule has 1 N–H and O–H groups in total. The molecule has 2 heterocycles. The lowest BCUT2D eigenvalue weighted by Gasteiger charge is -2.20. The predicted octanol–water partition coefficient (Wildman–Crippen LogP) is 3.59. The van der Waals surface area contributed by atoms with Crippen molar-refractivity contribution in [3.05, 3.63) is 111 Å². The highest BCUT2D eigenvalue weighted by Crippen LogP contribution is 2.23. The van der Waals surface area contributed by atoms with Crippen LogP contribution >= 0.6 is 11.6 Å². The van der Waals surface area contributed by atoms with Crippen molar-refractivity contribution in [2.45, 2.75) is 13.0 Å². The second kappa shape index (κ2) is 8.76. The van der Waals surface area contributed by atoms with Gasteiger partial charge in [0.25, 0.3) is 5.91 Å². The van der Waals surface area contributed by atoms with Gasteiger partial charge in [-0.15, -0.1) is 0 Å². The molecule has 0 aliphatic rings. The van der Waals surface area contributed by atoms with Crippen molar-refractivity contribution in [2.24, 2.45) is 7.05 Å². The van der Waals surface area contributed by atoms with Crippen LogP contribution in [0.1, 0.15) is 33.6 Å². The van der Waals surface area contributed by atoms with Crippen LogP contribution in [0.25, 0.3) is 5.69 Å². The molecule has 0 aliphatic carbocycles. The van der Waals surface area contributed by atoms with E-state index in [-0.39, 0.29) is 11.3 Å². The fourth-order valence-corrected chi connectivity index (χ4v) is 3.52. The van der Waals surface area contributed by atoms with Gasteiger partial charge in [0.1, 0.15) is 17.7 Å². The Labute approximate surface area is 188 Å². The number of aromatic nitrogens is 4. The van der Waals surface area contributed by atoms with Gasteiger partial charge >= 0.3 is 0 Å². The van der Waals surface area contributed by atoms with Crippen LogP contribution in [-0.2, 0) is 7.05 Å². The zero-order valence-corrected chi connectivity index (χ0v) is 18.0. The van der Waals surface area contributed by atoms with E-state index in [0.717, 1.165) is 0 Å². The number of imidazole rings is 1. The quantitative estimate of drug-likeness (QED) is 0.502. The highest BCUT2D eigenvalue weighted by Gasteiger charge is 2.26. The van der Waals surface area contributed by atoms with Crippen LogP contribution in [0, 0.1) is 12.7 Å². The first-order chi connectivity index (χ1) is 15.3. The smallest absolute Gasteiger partial charge is 0.276 e. The second-order valence-electron chi connectivity index (χ2n) is 7.21. The summed E-state index contributed by atoms with van der Waals surface area (Å²) in [5.74, 6) is -0.834. The van der Waals surface area contributed by atoms with Gasteiger partial charge in [-0.1, -0.05) is 29.8 Å². The van der Waals surface area contributed by atoms with Gasteiger partial charge in [0.2, 0.25) is 5.43 Å². The number of halogens is 2. The average molecular weight is 452 g/mol. The second-order valence-corrected chi connectivity index (χ2v) is 7.65. The molecule has 162 valence electrons. The fourth-order valence-electron chi connectivity index (χ4n) is 3.39. The first kappa shape index (κ1) is 21.5. The first-order valence-corrected chi connectivity index (χ1v) is 10.1. The topological polar surface area (TPSA) is 81.8 Å². The van der Waals surface area contributed by atoms with E-state index in [1.165, 1.54) is 16.8 Å². The van der Waals surface area contributed by atoms with E-state index < -0.39 is 23.2 Å². The molecule has 0 fully saturated rings. The lowest BCUT2D eigenvalue weighted by atomic mass is 10.0. The monoisotopic (exact) mass is 451 g/mol. The third-order valence-electron chi connectivity index (χ3n) is 5.00. The van der Waals surface area contributed by atoms with Crippen LogP contribution in [0.2, 0.25) is 5.02 Å². The Kier molecular flexibility index (Phi) is 5.87. The molecule has 0 saturated heterocycles. The summed E-state index contributed by atoms with van der Waals surface area (Å²) in [6.45, 7) is 1.71. The lowest BCUT2D eigenvalue weighted by Crippen LogP contribution is -2.36. The largest absolute Gasteiger partial charge is 0.336 e. The van der Waals surface area contributed by atoms with E-state index in [0.29, 0.717) is 22.2 Å². The maximum absolute atomic E-state index is 14.6. The number of hydrogen-bond acceptors (Lipinski definition) is 4. The van der Waals surface area contributed by atoms with Crippen molar-refractivity contribution < 1.29 is 9.18 Å². The van der Waals surface area contributed by atoms with Crippen molar-refractivity contribution in [2.75, 3.05) is 0 Å². The molecule has 0 bridgehead atoms. The van der Waals surface area contributed by atoms with Gasteiger partial charge in [-0.3, -0.25) is 9.59 Å². The van der Waals surface area contributed by atoms with Crippen LogP contribution in [0.3, 0.4) is 0 Å². The molecule has 1 amide bonds. The van der Waals surface area contributed by atoms with Gasteiger partial charge < -0.3 is 9.88 Å². The number of aryl methyl sites for hydroxylation is 2. The number of nitrogens with one attached hydrogen (secondary N) is 1. The SMILES string of the molecule is Cc1cc(=O)c(C(=O)NC(c2ccccc2F)c2nccn2C)nn1-c1ccc(Cl)cc1. The summed E-state index contributed by atoms with van der Waals surface area (Å²) >= 11 is 5.95. The minimum atomic E-state index is -0.921. The van der Waals surface area contributed by atoms with Crippen LogP contribution in [0.5, 0.6) is 0 Å². The zero-order chi connectivity index (χ0) is 22.8. The van der Waals surface area contributed by atoms with Gasteiger partial charge in [-0.2, -0.15) is 5.10 Å². The molecule has 0 aliphatic heterocycles. The molecule has 4 aromatic rings. The Morgan fingerprint density at radius 2 is 1.88 bits per heavy atom. The Morgan fingerprint density at radius 1 is 1.16 bits per heavy atom. The Hall–Kier alpha value is -3.78. The van der Waals surface area contributed by atoms with E-state index in [2.05, 4.69) is 15.4 Å². The summed E-state index contributed by atoms with van der Waals surface area (Å²) in [7, 11) is 1.74. The van der Waals surface area contributed by atoms with Crippen molar-refractivity contribution in [1.29, 1.82) is 0 Å². The van der Waals surface area contributed by atoms with Gasteiger partial charge in [0.05, 0.1) is 5.69 Å². The van der Waals surface area contributed by atoms with Crippen molar-refractivity contribution in [3.63, 3.8) is 0 Å². The van der Waals surface area contributed by atoms with Crippen LogP contribution in [0.4, 0.5) is 4.39 Å². The average Bonchev–Trinajstić information content (AvgIpc) is 3.19. The summed E-state index contributed by atoms with van der Waals surface area (Å²) in [6.07, 6.45) is 3.24. The Morgan fingerprint density at radius 3 is 2.53 bits per heavy atom. The van der Waals surface area contributed by atoms with E-state index in [1.807, 2.05) is 0 Å². The summed E-state index contributed by atoms with van der Waals surface area (Å²) in [5.41, 5.74) is 0.540. The molecule has 32 heavy (non-hydrogen) atoms. The van der Waals surface area contributed by atoms with E-state index >= 15 is 0 Å². The lowest BCUT2D eigenvalue weighted by molar-refractivity contribution is 0.0932. The molecule has 0 spiro atoms. The number of nitrogens with zero attached hydrogens (tertiary/aromatic N) is 4. The summed E-state index contributed by atoms with van der Waals surface area (Å²) in [4.78, 5) is 30.0. The number of hydrogen-bond donors (Lipinski definition) is 1. The number of rotatable bonds is 5. The maximum Gasteiger partial charge on any atom is 0.276 e. The minimum Gasteiger partial charge on any atom is -0.336 e. The highest BCUT2D eigenvalue weighted by atomic mass is 35.5.